The molecule has 26 heavy (non-hydrogen) atoms. The maximum atomic E-state index is 14.4. The topological polar surface area (TPSA) is 34.1 Å². The molecule has 0 bridgehead atoms. The lowest BCUT2D eigenvalue weighted by Gasteiger charge is -2.22. The Balaban J connectivity index is 2.24. The molecule has 0 saturated carbocycles. The molecule has 0 fully saturated rings. The Morgan fingerprint density at radius 3 is 1.96 bits per heavy atom. The summed E-state index contributed by atoms with van der Waals surface area (Å²) in [6, 6.07) is 25.8. The van der Waals surface area contributed by atoms with Crippen molar-refractivity contribution in [2.24, 2.45) is 5.92 Å². The minimum atomic E-state index is -3.47. The lowest BCUT2D eigenvalue weighted by molar-refractivity contribution is 0.107. The molecule has 0 aromatic heterocycles. The first-order chi connectivity index (χ1) is 12.5. The molecule has 0 heterocycles. The van der Waals surface area contributed by atoms with Gasteiger partial charge in [-0.05, 0) is 17.9 Å². The Labute approximate surface area is 155 Å². The lowest BCUT2D eigenvalue weighted by Crippen LogP contribution is -2.26. The summed E-state index contributed by atoms with van der Waals surface area (Å²) < 4.78 is 14.4. The monoisotopic (exact) mass is 362 g/mol. The number of rotatable bonds is 6. The fourth-order valence-electron chi connectivity index (χ4n) is 3.20. The summed E-state index contributed by atoms with van der Waals surface area (Å²) in [5, 5.41) is 1.25. The van der Waals surface area contributed by atoms with E-state index in [1.165, 1.54) is 0 Å². The van der Waals surface area contributed by atoms with Crippen LogP contribution in [0.1, 0.15) is 29.8 Å². The van der Waals surface area contributed by atoms with Crippen LogP contribution in [0.15, 0.2) is 84.9 Å². The lowest BCUT2D eigenvalue weighted by atomic mass is 10.0. The van der Waals surface area contributed by atoms with Gasteiger partial charge in [-0.1, -0.05) is 98.8 Å². The van der Waals surface area contributed by atoms with Gasteiger partial charge in [0.2, 0.25) is 12.7 Å². The minimum Gasteiger partial charge on any atom is -0.305 e. The number of benzene rings is 3. The first kappa shape index (κ1) is 18.4. The maximum Gasteiger partial charge on any atom is 0.230 e. The van der Waals surface area contributed by atoms with Gasteiger partial charge in [0.25, 0.3) is 0 Å². The van der Waals surface area contributed by atoms with Gasteiger partial charge in [-0.2, -0.15) is 0 Å². The van der Waals surface area contributed by atoms with Crippen LogP contribution in [0, 0.1) is 5.92 Å². The van der Waals surface area contributed by atoms with E-state index in [-0.39, 0.29) is 5.52 Å². The van der Waals surface area contributed by atoms with Crippen molar-refractivity contribution >= 4 is 23.3 Å². The number of carbonyl (C=O) groups is 1. The molecule has 0 radical (unpaired) electrons. The second-order valence-corrected chi connectivity index (χ2v) is 9.47. The van der Waals surface area contributed by atoms with Gasteiger partial charge >= 0.3 is 0 Å². The molecule has 1 unspecified atom stereocenters. The van der Waals surface area contributed by atoms with E-state index in [1.807, 2.05) is 60.7 Å². The van der Waals surface area contributed by atoms with Crippen molar-refractivity contribution in [2.45, 2.75) is 20.3 Å². The predicted octanol–water partition coefficient (Wildman–Crippen LogP) is 5.04. The van der Waals surface area contributed by atoms with E-state index in [0.29, 0.717) is 22.1 Å². The first-order valence-corrected chi connectivity index (χ1v) is 10.6. The van der Waals surface area contributed by atoms with E-state index in [9.17, 15) is 9.36 Å². The Bertz CT molecular complexity index is 931. The standard InChI is InChI=1S/C23H23O2P/c1-18(2)17-20-13-9-10-16-22(20)26(25,21-14-7-4-8-15-21)23(24)19-11-5-3-6-12-19/h3-16,18H,17H2,1-2H3. The first-order valence-electron chi connectivity index (χ1n) is 8.87. The van der Waals surface area contributed by atoms with Gasteiger partial charge in [-0.3, -0.25) is 4.79 Å². The summed E-state index contributed by atoms with van der Waals surface area (Å²) in [5.74, 6) is 0.409. The molecule has 132 valence electrons. The average molecular weight is 362 g/mol. The highest BCUT2D eigenvalue weighted by molar-refractivity contribution is 7.93. The maximum absolute atomic E-state index is 14.4. The van der Waals surface area contributed by atoms with Crippen LogP contribution in [-0.2, 0) is 11.0 Å². The SMILES string of the molecule is CC(C)Cc1ccccc1P(=O)(C(=O)c1ccccc1)c1ccccc1. The Morgan fingerprint density at radius 2 is 1.35 bits per heavy atom. The molecular weight excluding hydrogens is 339 g/mol. The van der Waals surface area contributed by atoms with Crippen LogP contribution in [0.4, 0.5) is 0 Å². The largest absolute Gasteiger partial charge is 0.305 e. The zero-order valence-electron chi connectivity index (χ0n) is 15.1. The zero-order chi connectivity index (χ0) is 18.6. The van der Waals surface area contributed by atoms with Crippen LogP contribution in [-0.4, -0.2) is 5.52 Å². The molecule has 3 aromatic carbocycles. The van der Waals surface area contributed by atoms with E-state index in [1.54, 1.807) is 24.3 Å². The van der Waals surface area contributed by atoms with Crippen LogP contribution in [0.3, 0.4) is 0 Å². The molecular formula is C23H23O2P. The third-order valence-electron chi connectivity index (χ3n) is 4.39. The highest BCUT2D eigenvalue weighted by Gasteiger charge is 2.38. The second kappa shape index (κ2) is 7.85. The fourth-order valence-corrected chi connectivity index (χ4v) is 5.90. The van der Waals surface area contributed by atoms with Crippen LogP contribution < -0.4 is 10.6 Å². The van der Waals surface area contributed by atoms with E-state index < -0.39 is 7.14 Å². The van der Waals surface area contributed by atoms with Gasteiger partial charge in [0.05, 0.1) is 0 Å². The van der Waals surface area contributed by atoms with E-state index >= 15 is 0 Å². The number of hydrogen-bond donors (Lipinski definition) is 0. The molecule has 3 heteroatoms. The smallest absolute Gasteiger partial charge is 0.230 e. The third-order valence-corrected chi connectivity index (χ3v) is 7.36. The summed E-state index contributed by atoms with van der Waals surface area (Å²) in [7, 11) is -3.47. The highest BCUT2D eigenvalue weighted by Crippen LogP contribution is 2.47. The molecule has 3 rings (SSSR count). The molecule has 0 amide bonds. The summed E-state index contributed by atoms with van der Waals surface area (Å²) in [4.78, 5) is 13.4. The summed E-state index contributed by atoms with van der Waals surface area (Å²) >= 11 is 0. The normalized spacial score (nSPS) is 13.3. The van der Waals surface area contributed by atoms with Gasteiger partial charge < -0.3 is 4.57 Å². The molecule has 1 atom stereocenters. The second-order valence-electron chi connectivity index (χ2n) is 6.84. The van der Waals surface area contributed by atoms with Crippen molar-refractivity contribution in [3.8, 4) is 0 Å². The van der Waals surface area contributed by atoms with Gasteiger partial charge in [0, 0.05) is 16.2 Å². The van der Waals surface area contributed by atoms with Crippen LogP contribution in [0.25, 0.3) is 0 Å². The molecule has 0 aliphatic rings. The number of carbonyl (C=O) groups excluding carboxylic acids is 1. The van der Waals surface area contributed by atoms with Gasteiger partial charge in [0.15, 0.2) is 0 Å². The predicted molar refractivity (Wildman–Crippen MR) is 109 cm³/mol. The van der Waals surface area contributed by atoms with Gasteiger partial charge in [-0.25, -0.2) is 0 Å². The average Bonchev–Trinajstić information content (AvgIpc) is 2.68. The van der Waals surface area contributed by atoms with Crippen LogP contribution in [0.5, 0.6) is 0 Å². The Kier molecular flexibility index (Phi) is 5.54. The third kappa shape index (κ3) is 3.57. The molecule has 0 aliphatic carbocycles. The summed E-state index contributed by atoms with van der Waals surface area (Å²) in [6.45, 7) is 4.26. The molecule has 0 saturated heterocycles. The zero-order valence-corrected chi connectivity index (χ0v) is 16.0. The molecule has 3 aromatic rings. The van der Waals surface area contributed by atoms with Crippen molar-refractivity contribution in [1.29, 1.82) is 0 Å². The number of hydrogen-bond acceptors (Lipinski definition) is 2. The van der Waals surface area contributed by atoms with Crippen molar-refractivity contribution in [3.05, 3.63) is 96.1 Å². The van der Waals surface area contributed by atoms with Crippen molar-refractivity contribution < 1.29 is 9.36 Å². The fraction of sp³-hybridized carbons (Fsp3) is 0.174. The van der Waals surface area contributed by atoms with Crippen molar-refractivity contribution in [1.82, 2.24) is 0 Å². The highest BCUT2D eigenvalue weighted by atomic mass is 31.2. The van der Waals surface area contributed by atoms with E-state index in [4.69, 9.17) is 0 Å². The molecule has 2 nitrogen and oxygen atoms in total. The van der Waals surface area contributed by atoms with E-state index in [2.05, 4.69) is 13.8 Å². The molecule has 0 spiro atoms. The van der Waals surface area contributed by atoms with Crippen LogP contribution in [0.2, 0.25) is 0 Å². The quantitative estimate of drug-likeness (QED) is 0.576. The van der Waals surface area contributed by atoms with Crippen LogP contribution >= 0.6 is 7.14 Å². The summed E-state index contributed by atoms with van der Waals surface area (Å²) in [6.07, 6.45) is 0.787. The van der Waals surface area contributed by atoms with Gasteiger partial charge in [0.1, 0.15) is 0 Å². The Morgan fingerprint density at radius 1 is 0.808 bits per heavy atom. The molecule has 0 N–H and O–H groups in total. The Hall–Kier alpha value is -2.44. The van der Waals surface area contributed by atoms with E-state index in [0.717, 1.165) is 12.0 Å². The van der Waals surface area contributed by atoms with Crippen molar-refractivity contribution in [2.75, 3.05) is 0 Å². The van der Waals surface area contributed by atoms with Crippen molar-refractivity contribution in [3.63, 3.8) is 0 Å². The molecule has 0 aliphatic heterocycles. The summed E-state index contributed by atoms with van der Waals surface area (Å²) in [5.41, 5.74) is 1.17. The van der Waals surface area contributed by atoms with Gasteiger partial charge in [-0.15, -0.1) is 0 Å². The minimum absolute atomic E-state index is 0.305.